The summed E-state index contributed by atoms with van der Waals surface area (Å²) in [4.78, 5) is 0. The van der Waals surface area contributed by atoms with Crippen LogP contribution in [-0.4, -0.2) is 24.3 Å². The first kappa shape index (κ1) is 13.0. The number of hydrogen-bond acceptors (Lipinski definition) is 2. The summed E-state index contributed by atoms with van der Waals surface area (Å²) >= 11 is 0. The van der Waals surface area contributed by atoms with Gasteiger partial charge < -0.3 is 10.4 Å². The lowest BCUT2D eigenvalue weighted by Crippen LogP contribution is -2.33. The van der Waals surface area contributed by atoms with Gasteiger partial charge in [0.1, 0.15) is 0 Å². The molecule has 0 amide bonds. The van der Waals surface area contributed by atoms with Crippen molar-refractivity contribution in [3.63, 3.8) is 0 Å². The van der Waals surface area contributed by atoms with E-state index in [9.17, 15) is 0 Å². The lowest BCUT2D eigenvalue weighted by atomic mass is 9.87. The second-order valence-electron chi connectivity index (χ2n) is 5.34. The van der Waals surface area contributed by atoms with E-state index in [0.717, 1.165) is 24.9 Å². The summed E-state index contributed by atoms with van der Waals surface area (Å²) in [7, 11) is 0. The highest BCUT2D eigenvalue weighted by atomic mass is 16.3. The summed E-state index contributed by atoms with van der Waals surface area (Å²) in [5, 5.41) is 12.5. The van der Waals surface area contributed by atoms with Crippen LogP contribution in [0.25, 0.3) is 0 Å². The van der Waals surface area contributed by atoms with Crippen LogP contribution in [0, 0.1) is 11.8 Å². The largest absolute Gasteiger partial charge is 0.396 e. The molecule has 1 rings (SSSR count). The van der Waals surface area contributed by atoms with Crippen LogP contribution < -0.4 is 5.32 Å². The Kier molecular flexibility index (Phi) is 6.26. The average Bonchev–Trinajstić information content (AvgIpc) is 2.26. The predicted octanol–water partition coefficient (Wildman–Crippen LogP) is 2.56. The zero-order valence-electron chi connectivity index (χ0n) is 10.3. The predicted molar refractivity (Wildman–Crippen MR) is 64.9 cm³/mol. The molecule has 90 valence electrons. The van der Waals surface area contributed by atoms with E-state index in [-0.39, 0.29) is 0 Å². The molecule has 0 aromatic rings. The van der Waals surface area contributed by atoms with Gasteiger partial charge in [-0.1, -0.05) is 13.8 Å². The summed E-state index contributed by atoms with van der Waals surface area (Å²) < 4.78 is 0. The lowest BCUT2D eigenvalue weighted by molar-refractivity contribution is 0.226. The third-order valence-electron chi connectivity index (χ3n) is 3.63. The zero-order valence-corrected chi connectivity index (χ0v) is 10.3. The topological polar surface area (TPSA) is 32.3 Å². The minimum Gasteiger partial charge on any atom is -0.396 e. The third kappa shape index (κ3) is 5.53. The molecule has 15 heavy (non-hydrogen) atoms. The minimum absolute atomic E-state index is 0.334. The van der Waals surface area contributed by atoms with E-state index in [1.54, 1.807) is 0 Å². The fourth-order valence-corrected chi connectivity index (χ4v) is 2.31. The van der Waals surface area contributed by atoms with Gasteiger partial charge in [-0.3, -0.25) is 0 Å². The van der Waals surface area contributed by atoms with Gasteiger partial charge in [-0.15, -0.1) is 0 Å². The molecule has 0 heterocycles. The first-order valence-corrected chi connectivity index (χ1v) is 6.56. The summed E-state index contributed by atoms with van der Waals surface area (Å²) in [6.45, 7) is 5.94. The van der Waals surface area contributed by atoms with Crippen molar-refractivity contribution in [2.45, 2.75) is 58.4 Å². The molecule has 0 spiro atoms. The van der Waals surface area contributed by atoms with Crippen LogP contribution in [0.3, 0.4) is 0 Å². The molecule has 1 aliphatic carbocycles. The van der Waals surface area contributed by atoms with E-state index in [1.165, 1.54) is 32.1 Å². The fourth-order valence-electron chi connectivity index (χ4n) is 2.31. The molecule has 0 aromatic carbocycles. The van der Waals surface area contributed by atoms with Gasteiger partial charge >= 0.3 is 0 Å². The number of rotatable bonds is 6. The fraction of sp³-hybridized carbons (Fsp3) is 1.00. The molecule has 1 unspecified atom stereocenters. The molecular formula is C13H27NO. The molecule has 2 N–H and O–H groups in total. The lowest BCUT2D eigenvalue weighted by Gasteiger charge is -2.27. The van der Waals surface area contributed by atoms with Crippen molar-refractivity contribution in [3.05, 3.63) is 0 Å². The number of nitrogens with one attached hydrogen (secondary N) is 1. The highest BCUT2D eigenvalue weighted by Gasteiger charge is 2.16. The van der Waals surface area contributed by atoms with E-state index in [2.05, 4.69) is 19.2 Å². The molecule has 0 radical (unpaired) electrons. The van der Waals surface area contributed by atoms with Gasteiger partial charge in [0, 0.05) is 12.6 Å². The highest BCUT2D eigenvalue weighted by molar-refractivity contribution is 4.75. The highest BCUT2D eigenvalue weighted by Crippen LogP contribution is 2.23. The summed E-state index contributed by atoms with van der Waals surface area (Å²) in [6.07, 6.45) is 7.85. The van der Waals surface area contributed by atoms with Crippen molar-refractivity contribution in [2.75, 3.05) is 13.2 Å². The molecule has 1 saturated carbocycles. The van der Waals surface area contributed by atoms with Gasteiger partial charge in [0.2, 0.25) is 0 Å². The number of hydrogen-bond donors (Lipinski definition) is 2. The van der Waals surface area contributed by atoms with Gasteiger partial charge in [0.05, 0.1) is 0 Å². The van der Waals surface area contributed by atoms with Crippen molar-refractivity contribution < 1.29 is 5.11 Å². The van der Waals surface area contributed by atoms with Crippen molar-refractivity contribution >= 4 is 0 Å². The second-order valence-corrected chi connectivity index (χ2v) is 5.34. The average molecular weight is 213 g/mol. The Labute approximate surface area is 94.5 Å². The van der Waals surface area contributed by atoms with Crippen molar-refractivity contribution in [2.24, 2.45) is 11.8 Å². The van der Waals surface area contributed by atoms with Crippen LogP contribution in [0.5, 0.6) is 0 Å². The van der Waals surface area contributed by atoms with Crippen LogP contribution in [-0.2, 0) is 0 Å². The Bertz CT molecular complexity index is 153. The zero-order chi connectivity index (χ0) is 11.1. The Morgan fingerprint density at radius 3 is 2.53 bits per heavy atom. The molecule has 2 nitrogen and oxygen atoms in total. The SMILES string of the molecule is CC(CO)CCCNC1CCC(C)CC1. The van der Waals surface area contributed by atoms with Crippen molar-refractivity contribution in [1.29, 1.82) is 0 Å². The summed E-state index contributed by atoms with van der Waals surface area (Å²) in [6, 6.07) is 0.769. The molecule has 1 atom stereocenters. The van der Waals surface area contributed by atoms with E-state index >= 15 is 0 Å². The molecule has 0 aromatic heterocycles. The van der Waals surface area contributed by atoms with Crippen LogP contribution in [0.4, 0.5) is 0 Å². The summed E-state index contributed by atoms with van der Waals surface area (Å²) in [5.41, 5.74) is 0. The van der Waals surface area contributed by atoms with Gasteiger partial charge in [0.25, 0.3) is 0 Å². The van der Waals surface area contributed by atoms with Crippen LogP contribution >= 0.6 is 0 Å². The monoisotopic (exact) mass is 213 g/mol. The number of aliphatic hydroxyl groups excluding tert-OH is 1. The molecule has 0 bridgehead atoms. The maximum atomic E-state index is 8.89. The Balaban J connectivity index is 1.96. The maximum Gasteiger partial charge on any atom is 0.0456 e. The van der Waals surface area contributed by atoms with Gasteiger partial charge in [-0.2, -0.15) is 0 Å². The van der Waals surface area contributed by atoms with Crippen LogP contribution in [0.1, 0.15) is 52.4 Å². The minimum atomic E-state index is 0.334. The second kappa shape index (κ2) is 7.24. The first-order valence-electron chi connectivity index (χ1n) is 6.56. The summed E-state index contributed by atoms with van der Waals surface area (Å²) in [5.74, 6) is 1.41. The maximum absolute atomic E-state index is 8.89. The Morgan fingerprint density at radius 1 is 1.27 bits per heavy atom. The Morgan fingerprint density at radius 2 is 1.93 bits per heavy atom. The standard InChI is InChI=1S/C13H27NO/c1-11-5-7-13(8-6-11)14-9-3-4-12(2)10-15/h11-15H,3-10H2,1-2H3. The quantitative estimate of drug-likeness (QED) is 0.665. The number of aliphatic hydroxyl groups is 1. The van der Waals surface area contributed by atoms with E-state index in [1.807, 2.05) is 0 Å². The molecule has 0 aliphatic heterocycles. The Hall–Kier alpha value is -0.0800. The smallest absolute Gasteiger partial charge is 0.0456 e. The van der Waals surface area contributed by atoms with Crippen LogP contribution in [0.2, 0.25) is 0 Å². The molecule has 0 saturated heterocycles. The van der Waals surface area contributed by atoms with Crippen molar-refractivity contribution in [1.82, 2.24) is 5.32 Å². The third-order valence-corrected chi connectivity index (χ3v) is 3.63. The van der Waals surface area contributed by atoms with E-state index in [0.29, 0.717) is 12.5 Å². The molecule has 1 aliphatic rings. The molecule has 2 heteroatoms. The molecule has 1 fully saturated rings. The van der Waals surface area contributed by atoms with Crippen molar-refractivity contribution in [3.8, 4) is 0 Å². The first-order chi connectivity index (χ1) is 7.22. The van der Waals surface area contributed by atoms with Gasteiger partial charge in [-0.25, -0.2) is 0 Å². The van der Waals surface area contributed by atoms with E-state index in [4.69, 9.17) is 5.11 Å². The van der Waals surface area contributed by atoms with Gasteiger partial charge in [0.15, 0.2) is 0 Å². The van der Waals surface area contributed by atoms with Crippen LogP contribution in [0.15, 0.2) is 0 Å². The van der Waals surface area contributed by atoms with Gasteiger partial charge in [-0.05, 0) is 56.9 Å². The van der Waals surface area contributed by atoms with E-state index < -0.39 is 0 Å². The normalized spacial score (nSPS) is 29.0. The molecular weight excluding hydrogens is 186 g/mol.